The minimum atomic E-state index is -0.0406. The first-order chi connectivity index (χ1) is 14.1. The molecule has 0 N–H and O–H groups in total. The van der Waals surface area contributed by atoms with Crippen LogP contribution in [0.3, 0.4) is 0 Å². The number of nitrogens with zero attached hydrogens (tertiary/aromatic N) is 4. The summed E-state index contributed by atoms with van der Waals surface area (Å²) in [5, 5.41) is 9.70. The van der Waals surface area contributed by atoms with Crippen LogP contribution in [0.25, 0.3) is 5.69 Å². The molecule has 0 aliphatic heterocycles. The maximum absolute atomic E-state index is 12.9. The number of amides is 1. The zero-order chi connectivity index (χ0) is 20.6. The van der Waals surface area contributed by atoms with Crippen LogP contribution in [0, 0.1) is 11.3 Å². The van der Waals surface area contributed by atoms with Crippen molar-refractivity contribution in [2.75, 3.05) is 17.2 Å². The third kappa shape index (κ3) is 5.27. The molecule has 0 spiro atoms. The molecule has 0 saturated heterocycles. The summed E-state index contributed by atoms with van der Waals surface area (Å²) < 4.78 is 1.99. The molecule has 3 aromatic rings. The molecule has 2 aromatic carbocycles. The molecule has 1 heterocycles. The van der Waals surface area contributed by atoms with Crippen molar-refractivity contribution in [3.05, 3.63) is 72.6 Å². The number of hydrogen-bond donors (Lipinski definition) is 0. The fourth-order valence-corrected chi connectivity index (χ4v) is 3.83. The number of benzene rings is 2. The second-order valence-corrected chi connectivity index (χ2v) is 7.85. The van der Waals surface area contributed by atoms with Crippen LogP contribution in [0.4, 0.5) is 5.69 Å². The average molecular weight is 405 g/mol. The Morgan fingerprint density at radius 2 is 1.90 bits per heavy atom. The van der Waals surface area contributed by atoms with E-state index in [1.165, 1.54) is 17.3 Å². The Kier molecular flexibility index (Phi) is 7.09. The van der Waals surface area contributed by atoms with E-state index in [4.69, 9.17) is 5.26 Å². The molecule has 3 rings (SSSR count). The van der Waals surface area contributed by atoms with E-state index in [1.54, 1.807) is 11.1 Å². The molecule has 0 fully saturated rings. The van der Waals surface area contributed by atoms with Gasteiger partial charge in [0.2, 0.25) is 5.91 Å². The van der Waals surface area contributed by atoms with Gasteiger partial charge in [-0.15, -0.1) is 0 Å². The number of aromatic nitrogens is 2. The number of imidazole rings is 1. The van der Waals surface area contributed by atoms with Gasteiger partial charge in [0.25, 0.3) is 0 Å². The van der Waals surface area contributed by atoms with E-state index in [1.807, 2.05) is 41.1 Å². The molecule has 1 aromatic heterocycles. The average Bonchev–Trinajstić information content (AvgIpc) is 3.22. The van der Waals surface area contributed by atoms with Gasteiger partial charge in [-0.25, -0.2) is 4.98 Å². The molecule has 0 saturated carbocycles. The van der Waals surface area contributed by atoms with Crippen LogP contribution in [0.5, 0.6) is 0 Å². The Morgan fingerprint density at radius 1 is 1.17 bits per heavy atom. The fourth-order valence-electron chi connectivity index (χ4n) is 2.98. The Balaban J connectivity index is 1.71. The van der Waals surface area contributed by atoms with Crippen LogP contribution >= 0.6 is 11.8 Å². The van der Waals surface area contributed by atoms with Crippen molar-refractivity contribution in [3.8, 4) is 11.8 Å². The van der Waals surface area contributed by atoms with Gasteiger partial charge in [-0.1, -0.05) is 55.9 Å². The van der Waals surface area contributed by atoms with Gasteiger partial charge in [0.1, 0.15) is 0 Å². The van der Waals surface area contributed by atoms with E-state index in [-0.39, 0.29) is 11.7 Å². The second kappa shape index (κ2) is 9.94. The number of thioether (sulfide) groups is 1. The van der Waals surface area contributed by atoms with Crippen molar-refractivity contribution in [1.29, 1.82) is 5.26 Å². The lowest BCUT2D eigenvalue weighted by molar-refractivity contribution is -0.116. The van der Waals surface area contributed by atoms with Crippen LogP contribution in [-0.4, -0.2) is 27.8 Å². The first kappa shape index (κ1) is 20.7. The Labute approximate surface area is 176 Å². The SMILES string of the molecule is CC(C)c1ccc(-n2ccnc2SCC(=O)N(CCC#N)c2ccccc2)cc1. The molecule has 1 amide bonds. The smallest absolute Gasteiger partial charge is 0.237 e. The van der Waals surface area contributed by atoms with Gasteiger partial charge in [-0.05, 0) is 35.7 Å². The van der Waals surface area contributed by atoms with Gasteiger partial charge in [-0.3, -0.25) is 9.36 Å². The quantitative estimate of drug-likeness (QED) is 0.494. The van der Waals surface area contributed by atoms with E-state index >= 15 is 0 Å². The predicted octanol–water partition coefficient (Wildman–Crippen LogP) is 5.03. The number of rotatable bonds is 8. The highest BCUT2D eigenvalue weighted by Gasteiger charge is 2.17. The first-order valence-corrected chi connectivity index (χ1v) is 10.6. The monoisotopic (exact) mass is 404 g/mol. The van der Waals surface area contributed by atoms with Crippen molar-refractivity contribution in [2.24, 2.45) is 0 Å². The van der Waals surface area contributed by atoms with Crippen molar-refractivity contribution in [2.45, 2.75) is 31.3 Å². The highest BCUT2D eigenvalue weighted by molar-refractivity contribution is 7.99. The maximum atomic E-state index is 12.9. The number of carbonyl (C=O) groups is 1. The van der Waals surface area contributed by atoms with Crippen molar-refractivity contribution >= 4 is 23.4 Å². The molecular weight excluding hydrogens is 380 g/mol. The van der Waals surface area contributed by atoms with Crippen LogP contribution in [-0.2, 0) is 4.79 Å². The predicted molar refractivity (Wildman–Crippen MR) is 117 cm³/mol. The summed E-state index contributed by atoms with van der Waals surface area (Å²) in [4.78, 5) is 19.0. The molecule has 148 valence electrons. The summed E-state index contributed by atoms with van der Waals surface area (Å²) in [6.07, 6.45) is 3.94. The highest BCUT2D eigenvalue weighted by atomic mass is 32.2. The Morgan fingerprint density at radius 3 is 2.55 bits per heavy atom. The molecule has 6 heteroatoms. The number of para-hydroxylation sites is 1. The second-order valence-electron chi connectivity index (χ2n) is 6.90. The molecule has 0 radical (unpaired) electrons. The number of nitriles is 1. The molecule has 0 aliphatic rings. The lowest BCUT2D eigenvalue weighted by atomic mass is 10.0. The molecule has 0 unspecified atom stereocenters. The highest BCUT2D eigenvalue weighted by Crippen LogP contribution is 2.24. The van der Waals surface area contributed by atoms with Gasteiger partial charge in [-0.2, -0.15) is 5.26 Å². The zero-order valence-electron chi connectivity index (χ0n) is 16.7. The van der Waals surface area contributed by atoms with E-state index in [0.717, 1.165) is 16.5 Å². The van der Waals surface area contributed by atoms with Crippen LogP contribution < -0.4 is 4.90 Å². The minimum absolute atomic E-state index is 0.0406. The molecule has 0 atom stereocenters. The minimum Gasteiger partial charge on any atom is -0.311 e. The van der Waals surface area contributed by atoms with Gasteiger partial charge in [0, 0.05) is 30.3 Å². The number of anilines is 1. The summed E-state index contributed by atoms with van der Waals surface area (Å²) in [7, 11) is 0. The summed E-state index contributed by atoms with van der Waals surface area (Å²) in [6, 6.07) is 20.0. The molecular formula is C23H24N4OS. The van der Waals surface area contributed by atoms with Gasteiger partial charge in [0.15, 0.2) is 5.16 Å². The Hall–Kier alpha value is -3.04. The molecule has 5 nitrogen and oxygen atoms in total. The van der Waals surface area contributed by atoms with Crippen LogP contribution in [0.2, 0.25) is 0 Å². The van der Waals surface area contributed by atoms with Gasteiger partial charge in [0.05, 0.1) is 18.2 Å². The van der Waals surface area contributed by atoms with E-state index in [0.29, 0.717) is 18.9 Å². The summed E-state index contributed by atoms with van der Waals surface area (Å²) in [5.41, 5.74) is 3.11. The molecule has 0 aliphatic carbocycles. The normalized spacial score (nSPS) is 10.7. The molecule has 29 heavy (non-hydrogen) atoms. The van der Waals surface area contributed by atoms with E-state index < -0.39 is 0 Å². The Bertz CT molecular complexity index is 974. The van der Waals surface area contributed by atoms with Crippen LogP contribution in [0.1, 0.15) is 31.7 Å². The molecule has 0 bridgehead atoms. The standard InChI is InChI=1S/C23H24N4OS/c1-18(2)19-9-11-21(12-10-19)27-16-14-25-23(27)29-17-22(28)26(15-6-13-24)20-7-4-3-5-8-20/h3-5,7-12,14,16,18H,6,15,17H2,1-2H3. The van der Waals surface area contributed by atoms with Gasteiger partial charge < -0.3 is 4.90 Å². The number of carbonyl (C=O) groups excluding carboxylic acids is 1. The van der Waals surface area contributed by atoms with E-state index in [9.17, 15) is 4.79 Å². The van der Waals surface area contributed by atoms with Crippen molar-refractivity contribution in [1.82, 2.24) is 9.55 Å². The lowest BCUT2D eigenvalue weighted by Crippen LogP contribution is -2.33. The topological polar surface area (TPSA) is 61.9 Å². The summed E-state index contributed by atoms with van der Waals surface area (Å²) in [6.45, 7) is 4.72. The first-order valence-electron chi connectivity index (χ1n) is 9.59. The zero-order valence-corrected chi connectivity index (χ0v) is 17.5. The van der Waals surface area contributed by atoms with Gasteiger partial charge >= 0.3 is 0 Å². The van der Waals surface area contributed by atoms with E-state index in [2.05, 4.69) is 49.2 Å². The largest absolute Gasteiger partial charge is 0.311 e. The summed E-state index contributed by atoms with van der Waals surface area (Å²) in [5.74, 6) is 0.693. The van der Waals surface area contributed by atoms with Crippen molar-refractivity contribution in [3.63, 3.8) is 0 Å². The summed E-state index contributed by atoms with van der Waals surface area (Å²) >= 11 is 1.40. The lowest BCUT2D eigenvalue weighted by Gasteiger charge is -2.21. The third-order valence-electron chi connectivity index (χ3n) is 4.59. The fraction of sp³-hybridized carbons (Fsp3) is 0.261. The maximum Gasteiger partial charge on any atom is 0.237 e. The third-order valence-corrected chi connectivity index (χ3v) is 5.54. The van der Waals surface area contributed by atoms with Crippen molar-refractivity contribution < 1.29 is 4.79 Å². The number of hydrogen-bond acceptors (Lipinski definition) is 4. The van der Waals surface area contributed by atoms with Crippen LogP contribution in [0.15, 0.2) is 72.1 Å².